The Balaban J connectivity index is 2.18. The van der Waals surface area contributed by atoms with Gasteiger partial charge in [0.05, 0.1) is 19.3 Å². The Morgan fingerprint density at radius 3 is 2.75 bits per heavy atom. The summed E-state index contributed by atoms with van der Waals surface area (Å²) in [7, 11) is 1.41. The van der Waals surface area contributed by atoms with E-state index in [1.807, 2.05) is 0 Å². The van der Waals surface area contributed by atoms with Gasteiger partial charge >= 0.3 is 0 Å². The molecule has 4 heteroatoms. The predicted molar refractivity (Wildman–Crippen MR) is 58.6 cm³/mol. The topological polar surface area (TPSA) is 55.5 Å². The van der Waals surface area contributed by atoms with Crippen LogP contribution in [0.4, 0.5) is 4.39 Å². The van der Waals surface area contributed by atoms with Gasteiger partial charge in [-0.15, -0.1) is 0 Å². The summed E-state index contributed by atoms with van der Waals surface area (Å²) in [4.78, 5) is 0. The molecule has 3 N–H and O–H groups in total. The Hall–Kier alpha value is -1.13. The maximum atomic E-state index is 13.2. The predicted octanol–water partition coefficient (Wildman–Crippen LogP) is 1.60. The van der Waals surface area contributed by atoms with Crippen molar-refractivity contribution in [3.8, 4) is 5.75 Å². The molecule has 2 atom stereocenters. The number of rotatable bonds is 4. The maximum absolute atomic E-state index is 13.2. The molecule has 0 saturated heterocycles. The fourth-order valence-electron chi connectivity index (χ4n) is 1.81. The molecule has 0 unspecified atom stereocenters. The average Bonchev–Trinajstić information content (AvgIpc) is 3.11. The van der Waals surface area contributed by atoms with Crippen LogP contribution in [0, 0.1) is 11.7 Å². The van der Waals surface area contributed by atoms with Crippen LogP contribution in [0.15, 0.2) is 18.2 Å². The van der Waals surface area contributed by atoms with Crippen LogP contribution >= 0.6 is 0 Å². The van der Waals surface area contributed by atoms with Crippen LogP contribution in [0.3, 0.4) is 0 Å². The second-order valence-corrected chi connectivity index (χ2v) is 4.25. The Bertz CT molecular complexity index is 379. The van der Waals surface area contributed by atoms with Crippen molar-refractivity contribution < 1.29 is 14.2 Å². The summed E-state index contributed by atoms with van der Waals surface area (Å²) < 4.78 is 18.1. The van der Waals surface area contributed by atoms with Crippen molar-refractivity contribution in [1.29, 1.82) is 0 Å². The normalized spacial score (nSPS) is 19.2. The van der Waals surface area contributed by atoms with Crippen LogP contribution in [-0.2, 0) is 0 Å². The number of ether oxygens (including phenoxy) is 1. The lowest BCUT2D eigenvalue weighted by atomic mass is 9.99. The summed E-state index contributed by atoms with van der Waals surface area (Å²) in [6.07, 6.45) is 1.50. The molecule has 0 aromatic heterocycles. The number of nitrogens with two attached hydrogens (primary N) is 1. The van der Waals surface area contributed by atoms with Gasteiger partial charge in [0.25, 0.3) is 0 Å². The lowest BCUT2D eigenvalue weighted by molar-refractivity contribution is 0.122. The van der Waals surface area contributed by atoms with Gasteiger partial charge in [-0.05, 0) is 36.5 Å². The molecular weight excluding hydrogens is 209 g/mol. The van der Waals surface area contributed by atoms with Crippen LogP contribution in [0.25, 0.3) is 0 Å². The van der Waals surface area contributed by atoms with Crippen LogP contribution in [0.5, 0.6) is 5.75 Å². The van der Waals surface area contributed by atoms with Crippen LogP contribution in [-0.4, -0.2) is 18.3 Å². The molecule has 1 aromatic rings. The number of hydrogen-bond donors (Lipinski definition) is 2. The van der Waals surface area contributed by atoms with Crippen molar-refractivity contribution >= 4 is 0 Å². The third kappa shape index (κ3) is 2.18. The molecule has 16 heavy (non-hydrogen) atoms. The van der Waals surface area contributed by atoms with Crippen molar-refractivity contribution in [3.05, 3.63) is 29.6 Å². The molecule has 0 aliphatic heterocycles. The SMILES string of the molecule is COc1cc([C@@H](N)[C@@H](O)C2CC2)ccc1F. The molecule has 0 heterocycles. The van der Waals surface area contributed by atoms with Crippen molar-refractivity contribution in [1.82, 2.24) is 0 Å². The highest BCUT2D eigenvalue weighted by atomic mass is 19.1. The van der Waals surface area contributed by atoms with Gasteiger partial charge in [0.1, 0.15) is 0 Å². The quantitative estimate of drug-likeness (QED) is 0.818. The van der Waals surface area contributed by atoms with Gasteiger partial charge in [-0.2, -0.15) is 0 Å². The number of methoxy groups -OCH3 is 1. The molecule has 2 rings (SSSR count). The lowest BCUT2D eigenvalue weighted by Crippen LogP contribution is -2.27. The first kappa shape index (κ1) is 11.4. The monoisotopic (exact) mass is 225 g/mol. The second kappa shape index (κ2) is 4.39. The largest absolute Gasteiger partial charge is 0.494 e. The van der Waals surface area contributed by atoms with Crippen molar-refractivity contribution in [2.45, 2.75) is 25.0 Å². The van der Waals surface area contributed by atoms with E-state index in [2.05, 4.69) is 0 Å². The second-order valence-electron chi connectivity index (χ2n) is 4.25. The van der Waals surface area contributed by atoms with Crippen LogP contribution < -0.4 is 10.5 Å². The summed E-state index contributed by atoms with van der Waals surface area (Å²) >= 11 is 0. The van der Waals surface area contributed by atoms with E-state index < -0.39 is 18.0 Å². The van der Waals surface area contributed by atoms with E-state index in [-0.39, 0.29) is 5.75 Å². The van der Waals surface area contributed by atoms with E-state index in [4.69, 9.17) is 10.5 Å². The molecular formula is C12H16FNO2. The minimum Gasteiger partial charge on any atom is -0.494 e. The Morgan fingerprint density at radius 1 is 1.50 bits per heavy atom. The number of halogens is 1. The molecule has 1 fully saturated rings. The number of hydrogen-bond acceptors (Lipinski definition) is 3. The fraction of sp³-hybridized carbons (Fsp3) is 0.500. The average molecular weight is 225 g/mol. The van der Waals surface area contributed by atoms with Gasteiger partial charge in [-0.1, -0.05) is 6.07 Å². The highest BCUT2D eigenvalue weighted by molar-refractivity contribution is 5.32. The van der Waals surface area contributed by atoms with Crippen molar-refractivity contribution in [3.63, 3.8) is 0 Å². The van der Waals surface area contributed by atoms with E-state index >= 15 is 0 Å². The molecule has 0 amide bonds. The third-order valence-corrected chi connectivity index (χ3v) is 3.03. The van der Waals surface area contributed by atoms with Crippen molar-refractivity contribution in [2.24, 2.45) is 11.7 Å². The van der Waals surface area contributed by atoms with Gasteiger partial charge in [0, 0.05) is 0 Å². The van der Waals surface area contributed by atoms with E-state index in [0.717, 1.165) is 12.8 Å². The summed E-state index contributed by atoms with van der Waals surface area (Å²) in [6.45, 7) is 0. The maximum Gasteiger partial charge on any atom is 0.165 e. The molecule has 0 spiro atoms. The minimum absolute atomic E-state index is 0.163. The molecule has 0 bridgehead atoms. The van der Waals surface area contributed by atoms with Crippen LogP contribution in [0.2, 0.25) is 0 Å². The zero-order chi connectivity index (χ0) is 11.7. The van der Waals surface area contributed by atoms with Gasteiger partial charge < -0.3 is 15.6 Å². The van der Waals surface area contributed by atoms with Gasteiger partial charge in [-0.25, -0.2) is 4.39 Å². The van der Waals surface area contributed by atoms with E-state index in [9.17, 15) is 9.50 Å². The fourth-order valence-corrected chi connectivity index (χ4v) is 1.81. The first-order valence-electron chi connectivity index (χ1n) is 5.40. The zero-order valence-electron chi connectivity index (χ0n) is 9.19. The molecule has 1 saturated carbocycles. The standard InChI is InChI=1S/C12H16FNO2/c1-16-10-6-8(4-5-9(10)13)11(14)12(15)7-2-3-7/h4-7,11-12,15H,2-3,14H2,1H3/t11-,12+/m1/s1. The third-order valence-electron chi connectivity index (χ3n) is 3.03. The Kier molecular flexibility index (Phi) is 3.12. The Morgan fingerprint density at radius 2 is 2.19 bits per heavy atom. The Labute approximate surface area is 94.0 Å². The first-order valence-corrected chi connectivity index (χ1v) is 5.40. The summed E-state index contributed by atoms with van der Waals surface area (Å²) in [5.41, 5.74) is 6.63. The minimum atomic E-state index is -0.546. The molecule has 0 radical (unpaired) electrons. The summed E-state index contributed by atoms with van der Waals surface area (Å²) in [5.74, 6) is 0.0429. The van der Waals surface area contributed by atoms with Gasteiger partial charge in [-0.3, -0.25) is 0 Å². The molecule has 1 aliphatic carbocycles. The van der Waals surface area contributed by atoms with Gasteiger partial charge in [0.2, 0.25) is 0 Å². The highest BCUT2D eigenvalue weighted by Crippen LogP contribution is 2.37. The number of aliphatic hydroxyl groups is 1. The summed E-state index contributed by atoms with van der Waals surface area (Å²) in [5, 5.41) is 9.88. The molecule has 1 aromatic carbocycles. The molecule has 1 aliphatic rings. The number of benzene rings is 1. The lowest BCUT2D eigenvalue weighted by Gasteiger charge is -2.19. The number of aliphatic hydroxyl groups excluding tert-OH is 1. The highest BCUT2D eigenvalue weighted by Gasteiger charge is 2.34. The zero-order valence-corrected chi connectivity index (χ0v) is 9.19. The van der Waals surface area contributed by atoms with Crippen molar-refractivity contribution in [2.75, 3.05) is 7.11 Å². The van der Waals surface area contributed by atoms with E-state index in [0.29, 0.717) is 11.5 Å². The first-order chi connectivity index (χ1) is 7.63. The molecule has 3 nitrogen and oxygen atoms in total. The van der Waals surface area contributed by atoms with E-state index in [1.54, 1.807) is 12.1 Å². The van der Waals surface area contributed by atoms with Gasteiger partial charge in [0.15, 0.2) is 11.6 Å². The van der Waals surface area contributed by atoms with E-state index in [1.165, 1.54) is 13.2 Å². The van der Waals surface area contributed by atoms with Crippen LogP contribution in [0.1, 0.15) is 24.4 Å². The molecule has 88 valence electrons. The summed E-state index contributed by atoms with van der Waals surface area (Å²) in [6, 6.07) is 3.98. The smallest absolute Gasteiger partial charge is 0.165 e.